The lowest BCUT2D eigenvalue weighted by Crippen LogP contribution is -2.43. The van der Waals surface area contributed by atoms with E-state index in [1.165, 1.54) is 11.0 Å². The van der Waals surface area contributed by atoms with Gasteiger partial charge in [-0.1, -0.05) is 54.6 Å². The van der Waals surface area contributed by atoms with Crippen LogP contribution in [-0.2, 0) is 4.79 Å². The van der Waals surface area contributed by atoms with Crippen LogP contribution in [0.25, 0.3) is 0 Å². The van der Waals surface area contributed by atoms with Gasteiger partial charge in [-0.25, -0.2) is 8.78 Å². The SMILES string of the molecule is C[C@H](c1ccc(F)c(F)c1)N(C(=O)c1ccccc1)[C@H](C(N)=O)c1ccccc1. The molecule has 4 nitrogen and oxygen atoms in total. The standard InChI is InChI=1S/C23H20F2N2O2/c1-15(18-12-13-19(24)20(25)14-18)27(23(29)17-10-6-3-7-11-17)21(22(26)28)16-8-4-2-5-9-16/h2-15,21H,1H3,(H2,26,28)/t15-,21+/m1/s1. The van der Waals surface area contributed by atoms with Crippen LogP contribution in [-0.4, -0.2) is 16.7 Å². The molecule has 0 aliphatic heterocycles. The first kappa shape index (κ1) is 20.2. The fourth-order valence-corrected chi connectivity index (χ4v) is 3.28. The quantitative estimate of drug-likeness (QED) is 0.674. The second-order valence-corrected chi connectivity index (χ2v) is 6.64. The van der Waals surface area contributed by atoms with Crippen LogP contribution >= 0.6 is 0 Å². The lowest BCUT2D eigenvalue weighted by atomic mass is 9.98. The maximum Gasteiger partial charge on any atom is 0.255 e. The number of hydrogen-bond acceptors (Lipinski definition) is 2. The van der Waals surface area contributed by atoms with Crippen LogP contribution in [0.4, 0.5) is 8.78 Å². The van der Waals surface area contributed by atoms with Crippen molar-refractivity contribution in [2.75, 3.05) is 0 Å². The van der Waals surface area contributed by atoms with Gasteiger partial charge in [-0.3, -0.25) is 9.59 Å². The summed E-state index contributed by atoms with van der Waals surface area (Å²) in [6, 6.07) is 18.6. The number of amides is 2. The van der Waals surface area contributed by atoms with Gasteiger partial charge in [0.2, 0.25) is 5.91 Å². The van der Waals surface area contributed by atoms with E-state index < -0.39 is 35.5 Å². The highest BCUT2D eigenvalue weighted by Crippen LogP contribution is 2.33. The van der Waals surface area contributed by atoms with Gasteiger partial charge >= 0.3 is 0 Å². The van der Waals surface area contributed by atoms with Gasteiger partial charge in [-0.2, -0.15) is 0 Å². The molecule has 0 spiro atoms. The summed E-state index contributed by atoms with van der Waals surface area (Å²) >= 11 is 0. The molecule has 2 amide bonds. The molecule has 0 unspecified atom stereocenters. The number of carbonyl (C=O) groups is 2. The van der Waals surface area contributed by atoms with Crippen LogP contribution in [0.3, 0.4) is 0 Å². The average molecular weight is 394 g/mol. The van der Waals surface area contributed by atoms with E-state index in [9.17, 15) is 18.4 Å². The van der Waals surface area contributed by atoms with E-state index in [0.29, 0.717) is 16.7 Å². The molecule has 29 heavy (non-hydrogen) atoms. The van der Waals surface area contributed by atoms with Gasteiger partial charge in [0.05, 0.1) is 6.04 Å². The van der Waals surface area contributed by atoms with Crippen LogP contribution in [0, 0.1) is 11.6 Å². The predicted molar refractivity (Wildman–Crippen MR) is 106 cm³/mol. The average Bonchev–Trinajstić information content (AvgIpc) is 2.74. The van der Waals surface area contributed by atoms with Crippen LogP contribution < -0.4 is 5.73 Å². The van der Waals surface area contributed by atoms with Crippen molar-refractivity contribution < 1.29 is 18.4 Å². The Morgan fingerprint density at radius 3 is 1.97 bits per heavy atom. The molecule has 0 aliphatic rings. The van der Waals surface area contributed by atoms with E-state index in [0.717, 1.165) is 12.1 Å². The zero-order chi connectivity index (χ0) is 21.0. The zero-order valence-corrected chi connectivity index (χ0v) is 15.8. The molecule has 0 heterocycles. The minimum Gasteiger partial charge on any atom is -0.368 e. The summed E-state index contributed by atoms with van der Waals surface area (Å²) in [5.74, 6) is -3.20. The Morgan fingerprint density at radius 1 is 0.828 bits per heavy atom. The summed E-state index contributed by atoms with van der Waals surface area (Å²) in [7, 11) is 0. The molecule has 0 saturated carbocycles. The molecule has 0 saturated heterocycles. The molecule has 0 radical (unpaired) electrons. The van der Waals surface area contributed by atoms with Crippen molar-refractivity contribution in [1.82, 2.24) is 4.90 Å². The van der Waals surface area contributed by atoms with Crippen molar-refractivity contribution in [1.29, 1.82) is 0 Å². The Balaban J connectivity index is 2.13. The normalized spacial score (nSPS) is 12.8. The van der Waals surface area contributed by atoms with Crippen molar-refractivity contribution in [2.45, 2.75) is 19.0 Å². The highest BCUT2D eigenvalue weighted by atomic mass is 19.2. The molecule has 0 aromatic heterocycles. The van der Waals surface area contributed by atoms with Crippen molar-refractivity contribution in [3.8, 4) is 0 Å². The highest BCUT2D eigenvalue weighted by molar-refractivity contribution is 5.98. The fourth-order valence-electron chi connectivity index (χ4n) is 3.28. The third-order valence-corrected chi connectivity index (χ3v) is 4.76. The fraction of sp³-hybridized carbons (Fsp3) is 0.130. The molecule has 3 rings (SSSR count). The van der Waals surface area contributed by atoms with Crippen molar-refractivity contribution >= 4 is 11.8 Å². The van der Waals surface area contributed by atoms with E-state index in [2.05, 4.69) is 0 Å². The molecule has 3 aromatic carbocycles. The predicted octanol–water partition coefficient (Wildman–Crippen LogP) is 4.39. The van der Waals surface area contributed by atoms with Crippen LogP contribution in [0.15, 0.2) is 78.9 Å². The summed E-state index contributed by atoms with van der Waals surface area (Å²) < 4.78 is 27.2. The van der Waals surface area contributed by atoms with Gasteiger partial charge in [0.25, 0.3) is 5.91 Å². The first-order chi connectivity index (χ1) is 13.9. The second-order valence-electron chi connectivity index (χ2n) is 6.64. The number of hydrogen-bond donors (Lipinski definition) is 1. The lowest BCUT2D eigenvalue weighted by molar-refractivity contribution is -0.123. The molecular weight excluding hydrogens is 374 g/mol. The van der Waals surface area contributed by atoms with Crippen LogP contribution in [0.2, 0.25) is 0 Å². The first-order valence-electron chi connectivity index (χ1n) is 9.07. The summed E-state index contributed by atoms with van der Waals surface area (Å²) in [5.41, 5.74) is 6.91. The molecular formula is C23H20F2N2O2. The maximum atomic E-state index is 13.8. The Labute approximate surface area is 167 Å². The minimum absolute atomic E-state index is 0.343. The topological polar surface area (TPSA) is 63.4 Å². The van der Waals surface area contributed by atoms with Gasteiger partial charge < -0.3 is 10.6 Å². The number of nitrogens with zero attached hydrogens (tertiary/aromatic N) is 1. The van der Waals surface area contributed by atoms with Gasteiger partial charge in [0, 0.05) is 5.56 Å². The summed E-state index contributed by atoms with van der Waals surface area (Å²) in [5, 5.41) is 0. The van der Waals surface area contributed by atoms with E-state index in [1.807, 2.05) is 0 Å². The maximum absolute atomic E-state index is 13.8. The van der Waals surface area contributed by atoms with Gasteiger partial charge in [-0.15, -0.1) is 0 Å². The molecule has 148 valence electrons. The molecule has 0 aliphatic carbocycles. The van der Waals surface area contributed by atoms with E-state index in [4.69, 9.17) is 5.73 Å². The lowest BCUT2D eigenvalue weighted by Gasteiger charge is -2.35. The number of primary amides is 1. The molecule has 3 aromatic rings. The Morgan fingerprint density at radius 2 is 1.41 bits per heavy atom. The number of rotatable bonds is 6. The third-order valence-electron chi connectivity index (χ3n) is 4.76. The number of benzene rings is 3. The Hall–Kier alpha value is -3.54. The summed E-state index contributed by atoms with van der Waals surface area (Å²) in [6.45, 7) is 1.65. The zero-order valence-electron chi connectivity index (χ0n) is 15.8. The van der Waals surface area contributed by atoms with Gasteiger partial charge in [0.1, 0.15) is 6.04 Å². The monoisotopic (exact) mass is 394 g/mol. The molecule has 6 heteroatoms. The summed E-state index contributed by atoms with van der Waals surface area (Å²) in [4.78, 5) is 27.1. The Kier molecular flexibility index (Phi) is 6.02. The third kappa shape index (κ3) is 4.32. The van der Waals surface area contributed by atoms with Crippen molar-refractivity contribution in [3.05, 3.63) is 107 Å². The van der Waals surface area contributed by atoms with Gasteiger partial charge in [-0.05, 0) is 42.3 Å². The molecule has 2 atom stereocenters. The largest absolute Gasteiger partial charge is 0.368 e. The molecule has 0 fully saturated rings. The van der Waals surface area contributed by atoms with E-state index in [1.54, 1.807) is 67.6 Å². The molecule has 2 N–H and O–H groups in total. The molecule has 0 bridgehead atoms. The number of carbonyl (C=O) groups excluding carboxylic acids is 2. The smallest absolute Gasteiger partial charge is 0.255 e. The summed E-state index contributed by atoms with van der Waals surface area (Å²) in [6.07, 6.45) is 0. The van der Waals surface area contributed by atoms with E-state index in [-0.39, 0.29) is 0 Å². The number of nitrogens with two attached hydrogens (primary N) is 1. The minimum atomic E-state index is -1.09. The second kappa shape index (κ2) is 8.65. The van der Waals surface area contributed by atoms with Gasteiger partial charge in [0.15, 0.2) is 11.6 Å². The van der Waals surface area contributed by atoms with Crippen LogP contribution in [0.5, 0.6) is 0 Å². The van der Waals surface area contributed by atoms with Crippen molar-refractivity contribution in [3.63, 3.8) is 0 Å². The Bertz CT molecular complexity index is 1010. The van der Waals surface area contributed by atoms with E-state index >= 15 is 0 Å². The van der Waals surface area contributed by atoms with Crippen molar-refractivity contribution in [2.24, 2.45) is 5.73 Å². The highest BCUT2D eigenvalue weighted by Gasteiger charge is 2.34. The number of halogens is 2. The van der Waals surface area contributed by atoms with Crippen LogP contribution in [0.1, 0.15) is 40.5 Å². The first-order valence-corrected chi connectivity index (χ1v) is 9.07.